The van der Waals surface area contributed by atoms with Crippen LogP contribution >= 0.6 is 0 Å². The Morgan fingerprint density at radius 3 is 2.42 bits per heavy atom. The van der Waals surface area contributed by atoms with Crippen LogP contribution in [0.3, 0.4) is 0 Å². The van der Waals surface area contributed by atoms with Crippen LogP contribution in [0.4, 0.5) is 28.9 Å². The maximum Gasteiger partial charge on any atom is 0.407 e. The van der Waals surface area contributed by atoms with E-state index in [4.69, 9.17) is 16.0 Å². The average Bonchev–Trinajstić information content (AvgIpc) is 2.85. The molecule has 4 rings (SSSR count). The average molecular weight is 508 g/mol. The molecule has 10 heteroatoms. The molecule has 0 aliphatic carbocycles. The first kappa shape index (κ1) is 26.2. The fraction of sp³-hybridized carbons (Fsp3) is 0.500. The van der Waals surface area contributed by atoms with Crippen molar-refractivity contribution < 1.29 is 32.1 Å². The van der Waals surface area contributed by atoms with Gasteiger partial charge in [-0.05, 0) is 42.7 Å². The van der Waals surface area contributed by atoms with E-state index in [1.54, 1.807) is 11.0 Å². The second-order valence-electron chi connectivity index (χ2n) is 9.27. The van der Waals surface area contributed by atoms with Gasteiger partial charge in [0.05, 0.1) is 37.6 Å². The molecule has 0 spiro atoms. The van der Waals surface area contributed by atoms with Gasteiger partial charge in [-0.3, -0.25) is 4.90 Å². The highest BCUT2D eigenvalue weighted by Gasteiger charge is 2.36. The third kappa shape index (κ3) is 6.46. The molecule has 2 aromatic rings. The molecule has 0 atom stereocenters. The second-order valence-corrected chi connectivity index (χ2v) is 9.27. The summed E-state index contributed by atoms with van der Waals surface area (Å²) in [5.41, 5.74) is -1.22. The summed E-state index contributed by atoms with van der Waals surface area (Å²) in [6.07, 6.45) is -3.66. The molecule has 0 amide bonds. The molecule has 2 fully saturated rings. The summed E-state index contributed by atoms with van der Waals surface area (Å²) in [6.45, 7) is 11.4. The van der Waals surface area contributed by atoms with Gasteiger partial charge in [-0.1, -0.05) is 12.1 Å². The van der Waals surface area contributed by atoms with E-state index in [0.29, 0.717) is 51.4 Å². The third-order valence-corrected chi connectivity index (χ3v) is 6.80. The van der Waals surface area contributed by atoms with E-state index >= 15 is 0 Å². The summed E-state index contributed by atoms with van der Waals surface area (Å²) < 4.78 is 65.3. The lowest BCUT2D eigenvalue weighted by atomic mass is 9.88. The minimum Gasteiger partial charge on any atom is -0.490 e. The van der Waals surface area contributed by atoms with Crippen molar-refractivity contribution in [3.63, 3.8) is 0 Å². The molecule has 2 aliphatic heterocycles. The number of ether oxygens (including phenoxy) is 2. The summed E-state index contributed by atoms with van der Waals surface area (Å²) in [6, 6.07) is 8.57. The number of hydrogen-bond acceptors (Lipinski definition) is 5. The van der Waals surface area contributed by atoms with E-state index < -0.39 is 28.8 Å². The largest absolute Gasteiger partial charge is 0.490 e. The Bertz CT molecular complexity index is 1090. The highest BCUT2D eigenvalue weighted by Crippen LogP contribution is 2.39. The van der Waals surface area contributed by atoms with Crippen molar-refractivity contribution in [2.45, 2.75) is 37.6 Å². The Labute approximate surface area is 207 Å². The highest BCUT2D eigenvalue weighted by molar-refractivity contribution is 5.62. The van der Waals surface area contributed by atoms with Gasteiger partial charge < -0.3 is 19.5 Å². The molecule has 2 saturated heterocycles. The maximum atomic E-state index is 14.5. The Balaban J connectivity index is 1.28. The first-order valence-electron chi connectivity index (χ1n) is 11.9. The summed E-state index contributed by atoms with van der Waals surface area (Å²) in [5.74, 6) is -0.327. The van der Waals surface area contributed by atoms with Crippen molar-refractivity contribution in [3.05, 3.63) is 64.8 Å². The zero-order chi connectivity index (χ0) is 25.8. The molecule has 194 valence electrons. The van der Waals surface area contributed by atoms with Crippen LogP contribution in [0.25, 0.3) is 4.85 Å². The van der Waals surface area contributed by atoms with Gasteiger partial charge in [0.1, 0.15) is 0 Å². The fourth-order valence-corrected chi connectivity index (χ4v) is 4.60. The van der Waals surface area contributed by atoms with Crippen LogP contribution in [0, 0.1) is 12.4 Å². The van der Waals surface area contributed by atoms with Gasteiger partial charge >= 0.3 is 6.18 Å². The Morgan fingerprint density at radius 1 is 1.06 bits per heavy atom. The van der Waals surface area contributed by atoms with Crippen LogP contribution in [0.2, 0.25) is 0 Å². The monoisotopic (exact) mass is 507 g/mol. The van der Waals surface area contributed by atoms with Crippen molar-refractivity contribution in [2.75, 3.05) is 50.9 Å². The van der Waals surface area contributed by atoms with Crippen LogP contribution in [-0.2, 0) is 17.5 Å². The van der Waals surface area contributed by atoms with Gasteiger partial charge in [0.25, 0.3) is 0 Å². The molecule has 2 heterocycles. The topological polar surface area (TPSA) is 49.5 Å². The van der Waals surface area contributed by atoms with Crippen molar-refractivity contribution in [1.29, 1.82) is 0 Å². The van der Waals surface area contributed by atoms with E-state index in [1.807, 2.05) is 6.07 Å². The first-order chi connectivity index (χ1) is 17.2. The minimum atomic E-state index is -4.61. The lowest BCUT2D eigenvalue weighted by Gasteiger charge is -2.39. The first-order valence-corrected chi connectivity index (χ1v) is 11.9. The predicted molar refractivity (Wildman–Crippen MR) is 127 cm³/mol. The predicted octanol–water partition coefficient (Wildman–Crippen LogP) is 5.03. The molecule has 6 nitrogen and oxygen atoms in total. The van der Waals surface area contributed by atoms with Gasteiger partial charge in [-0.2, -0.15) is 13.2 Å². The van der Waals surface area contributed by atoms with Crippen molar-refractivity contribution in [3.8, 4) is 5.75 Å². The van der Waals surface area contributed by atoms with E-state index in [0.717, 1.165) is 24.7 Å². The highest BCUT2D eigenvalue weighted by atomic mass is 19.4. The molecule has 2 aliphatic rings. The number of rotatable bonds is 7. The number of hydrogen-bond donors (Lipinski definition) is 1. The zero-order valence-corrected chi connectivity index (χ0v) is 19.9. The van der Waals surface area contributed by atoms with E-state index in [9.17, 15) is 22.7 Å². The molecule has 0 bridgehead atoms. The SMILES string of the molecule is [C-]#[N+]c1ccc(N2CCC(O)(CCOc3ccc(CN4CCOCC4)cc3F)CC2)cc1C(F)(F)F. The van der Waals surface area contributed by atoms with Gasteiger partial charge in [0.2, 0.25) is 0 Å². The molecule has 2 aromatic carbocycles. The van der Waals surface area contributed by atoms with Crippen molar-refractivity contribution in [1.82, 2.24) is 4.90 Å². The number of aliphatic hydroxyl groups is 1. The molecule has 0 unspecified atom stereocenters. The summed E-state index contributed by atoms with van der Waals surface area (Å²) >= 11 is 0. The van der Waals surface area contributed by atoms with Crippen LogP contribution in [0.15, 0.2) is 36.4 Å². The van der Waals surface area contributed by atoms with Crippen LogP contribution in [0.5, 0.6) is 5.75 Å². The van der Waals surface area contributed by atoms with E-state index in [-0.39, 0.29) is 18.8 Å². The number of halogens is 4. The molecule has 36 heavy (non-hydrogen) atoms. The number of benzene rings is 2. The van der Waals surface area contributed by atoms with Crippen molar-refractivity contribution in [2.24, 2.45) is 0 Å². The molecule has 0 saturated carbocycles. The van der Waals surface area contributed by atoms with Crippen LogP contribution < -0.4 is 9.64 Å². The van der Waals surface area contributed by atoms with Gasteiger partial charge in [-0.25, -0.2) is 9.24 Å². The Kier molecular flexibility index (Phi) is 8.03. The van der Waals surface area contributed by atoms with E-state index in [2.05, 4.69) is 9.74 Å². The lowest BCUT2D eigenvalue weighted by Crippen LogP contribution is -2.45. The number of nitrogens with zero attached hydrogens (tertiary/aromatic N) is 3. The molecular formula is C26H29F4N3O3. The normalized spacial score (nSPS) is 18.6. The zero-order valence-electron chi connectivity index (χ0n) is 19.9. The molecule has 0 radical (unpaired) electrons. The smallest absolute Gasteiger partial charge is 0.407 e. The fourth-order valence-electron chi connectivity index (χ4n) is 4.60. The van der Waals surface area contributed by atoms with Crippen LogP contribution in [-0.4, -0.2) is 61.6 Å². The van der Waals surface area contributed by atoms with E-state index in [1.165, 1.54) is 18.2 Å². The second kappa shape index (κ2) is 11.0. The molecular weight excluding hydrogens is 478 g/mol. The number of anilines is 1. The summed E-state index contributed by atoms with van der Waals surface area (Å²) in [5, 5.41) is 10.9. The minimum absolute atomic E-state index is 0.119. The third-order valence-electron chi connectivity index (χ3n) is 6.80. The maximum absolute atomic E-state index is 14.5. The summed E-state index contributed by atoms with van der Waals surface area (Å²) in [7, 11) is 0. The molecule has 0 aromatic heterocycles. The molecule has 1 N–H and O–H groups in total. The van der Waals surface area contributed by atoms with Gasteiger partial charge in [0.15, 0.2) is 17.3 Å². The standard InChI is InChI=1S/C26H29F4N3O3/c1-31-23-4-3-20(17-21(23)26(28,29)30)33-9-6-25(34,7-10-33)8-13-36-24-5-2-19(16-22(24)27)18-32-11-14-35-15-12-32/h2-5,16-17,34H,6-15,18H2. The summed E-state index contributed by atoms with van der Waals surface area (Å²) in [4.78, 5) is 6.93. The van der Waals surface area contributed by atoms with Crippen LogP contribution in [0.1, 0.15) is 30.4 Å². The van der Waals surface area contributed by atoms with Crippen molar-refractivity contribution >= 4 is 11.4 Å². The van der Waals surface area contributed by atoms with Gasteiger partial charge in [0, 0.05) is 44.8 Å². The Hall–Kier alpha value is -2.87. The Morgan fingerprint density at radius 2 is 1.78 bits per heavy atom. The number of alkyl halides is 3. The van der Waals surface area contributed by atoms with Gasteiger partial charge in [-0.15, -0.1) is 0 Å². The number of morpholine rings is 1. The lowest BCUT2D eigenvalue weighted by molar-refractivity contribution is -0.136. The number of piperidine rings is 1. The quantitative estimate of drug-likeness (QED) is 0.421.